The number of esters is 3. The van der Waals surface area contributed by atoms with Gasteiger partial charge in [0.05, 0.1) is 0 Å². The van der Waals surface area contributed by atoms with Crippen LogP contribution in [0.3, 0.4) is 0 Å². The lowest BCUT2D eigenvalue weighted by molar-refractivity contribution is -0.167. The molecule has 470 valence electrons. The highest BCUT2D eigenvalue weighted by molar-refractivity contribution is 5.71. The summed E-state index contributed by atoms with van der Waals surface area (Å²) in [5.41, 5.74) is 0. The molecule has 1 unspecified atom stereocenters. The Labute approximate surface area is 495 Å². The fourth-order valence-electron chi connectivity index (χ4n) is 11.6. The number of hydrogen-bond donors (Lipinski definition) is 0. The SMILES string of the molecule is CCCCCCCCCCCCCCCCCCCCCCCCCCCCCCCCC(=O)OCC(COC(=O)CCCCCCCCCCCCC)OC(=O)CCCCCCCCCCCCCCCCCCCCCC. The molecule has 0 radical (unpaired) electrons. The Kier molecular flexibility index (Phi) is 67.5. The third-order valence-corrected chi connectivity index (χ3v) is 17.1. The molecule has 0 spiro atoms. The number of carbonyl (C=O) groups is 3. The minimum absolute atomic E-state index is 0.0604. The molecule has 0 saturated carbocycles. The van der Waals surface area contributed by atoms with Crippen molar-refractivity contribution in [3.05, 3.63) is 0 Å². The average Bonchev–Trinajstić information content (AvgIpc) is 3.45. The first-order chi connectivity index (χ1) is 39.0. The highest BCUT2D eigenvalue weighted by Crippen LogP contribution is 2.20. The van der Waals surface area contributed by atoms with Crippen molar-refractivity contribution in [1.82, 2.24) is 0 Å². The van der Waals surface area contributed by atoms with Crippen molar-refractivity contribution in [1.29, 1.82) is 0 Å². The van der Waals surface area contributed by atoms with Crippen LogP contribution in [0.4, 0.5) is 0 Å². The van der Waals surface area contributed by atoms with Crippen LogP contribution in [0.25, 0.3) is 0 Å². The van der Waals surface area contributed by atoms with Crippen molar-refractivity contribution in [2.24, 2.45) is 0 Å². The lowest BCUT2D eigenvalue weighted by Crippen LogP contribution is -2.30. The molecule has 79 heavy (non-hydrogen) atoms. The molecule has 0 N–H and O–H groups in total. The highest BCUT2D eigenvalue weighted by atomic mass is 16.6. The lowest BCUT2D eigenvalue weighted by Gasteiger charge is -2.18. The van der Waals surface area contributed by atoms with E-state index >= 15 is 0 Å². The first-order valence-electron chi connectivity index (χ1n) is 36.5. The topological polar surface area (TPSA) is 78.9 Å². The smallest absolute Gasteiger partial charge is 0.306 e. The molecule has 0 saturated heterocycles. The van der Waals surface area contributed by atoms with E-state index in [0.717, 1.165) is 57.8 Å². The van der Waals surface area contributed by atoms with Gasteiger partial charge in [-0.05, 0) is 19.3 Å². The van der Waals surface area contributed by atoms with Crippen LogP contribution in [0, 0.1) is 0 Å². The largest absolute Gasteiger partial charge is 0.462 e. The summed E-state index contributed by atoms with van der Waals surface area (Å²) >= 11 is 0. The molecule has 0 heterocycles. The number of unbranched alkanes of at least 4 members (excludes halogenated alkanes) is 58. The molecule has 6 heteroatoms. The van der Waals surface area contributed by atoms with Crippen molar-refractivity contribution < 1.29 is 28.6 Å². The van der Waals surface area contributed by atoms with Crippen molar-refractivity contribution in [2.75, 3.05) is 13.2 Å². The molecule has 0 bridgehead atoms. The van der Waals surface area contributed by atoms with E-state index < -0.39 is 6.10 Å². The van der Waals surface area contributed by atoms with Crippen LogP contribution in [0.1, 0.15) is 432 Å². The number of hydrogen-bond acceptors (Lipinski definition) is 6. The first-order valence-corrected chi connectivity index (χ1v) is 36.5. The van der Waals surface area contributed by atoms with Crippen molar-refractivity contribution in [3.63, 3.8) is 0 Å². The van der Waals surface area contributed by atoms with Crippen LogP contribution in [0.5, 0.6) is 0 Å². The minimum atomic E-state index is -0.763. The van der Waals surface area contributed by atoms with Crippen LogP contribution in [0.2, 0.25) is 0 Å². The Morgan fingerprint density at radius 2 is 0.342 bits per heavy atom. The predicted molar refractivity (Wildman–Crippen MR) is 344 cm³/mol. The minimum Gasteiger partial charge on any atom is -0.462 e. The Bertz CT molecular complexity index is 1190. The summed E-state index contributed by atoms with van der Waals surface area (Å²) in [5, 5.41) is 0. The monoisotopic (exact) mass is 1120 g/mol. The maximum Gasteiger partial charge on any atom is 0.306 e. The lowest BCUT2D eigenvalue weighted by atomic mass is 10.0. The Morgan fingerprint density at radius 3 is 0.506 bits per heavy atom. The van der Waals surface area contributed by atoms with Gasteiger partial charge in [0.15, 0.2) is 6.10 Å². The van der Waals surface area contributed by atoms with Crippen LogP contribution < -0.4 is 0 Å². The van der Waals surface area contributed by atoms with Gasteiger partial charge in [-0.25, -0.2) is 0 Å². The first kappa shape index (κ1) is 77.4. The molecular formula is C73H142O6. The number of carbonyl (C=O) groups excluding carboxylic acids is 3. The molecule has 0 aromatic rings. The Morgan fingerprint density at radius 1 is 0.203 bits per heavy atom. The van der Waals surface area contributed by atoms with Crippen molar-refractivity contribution >= 4 is 17.9 Å². The summed E-state index contributed by atoms with van der Waals surface area (Å²) in [5.74, 6) is -0.822. The summed E-state index contributed by atoms with van der Waals surface area (Å²) in [6.07, 6.45) is 81.6. The standard InChI is InChI=1S/C73H142O6/c1-4-7-10-13-16-19-22-24-26-28-30-32-33-34-35-36-37-38-39-40-41-43-44-46-48-51-54-57-60-63-66-72(75)78-69-70(68-77-71(74)65-62-59-56-53-50-21-18-15-12-9-6-3)79-73(76)67-64-61-58-55-52-49-47-45-42-31-29-27-25-23-20-17-14-11-8-5-2/h70H,4-69H2,1-3H3. The molecule has 0 rings (SSSR count). The van der Waals surface area contributed by atoms with Gasteiger partial charge >= 0.3 is 17.9 Å². The number of rotatable bonds is 69. The molecule has 0 aliphatic rings. The van der Waals surface area contributed by atoms with Gasteiger partial charge in [-0.2, -0.15) is 0 Å². The second-order valence-electron chi connectivity index (χ2n) is 25.2. The summed E-state index contributed by atoms with van der Waals surface area (Å²) in [6.45, 7) is 6.73. The third-order valence-electron chi connectivity index (χ3n) is 17.1. The van der Waals surface area contributed by atoms with E-state index in [1.807, 2.05) is 0 Å². The fraction of sp³-hybridized carbons (Fsp3) is 0.959. The maximum absolute atomic E-state index is 12.9. The summed E-state index contributed by atoms with van der Waals surface area (Å²) in [4.78, 5) is 38.4. The second kappa shape index (κ2) is 68.9. The molecule has 0 aliphatic carbocycles. The summed E-state index contributed by atoms with van der Waals surface area (Å²) < 4.78 is 17.0. The summed E-state index contributed by atoms with van der Waals surface area (Å²) in [7, 11) is 0. The third kappa shape index (κ3) is 67.1. The quantitative estimate of drug-likeness (QED) is 0.0343. The zero-order valence-electron chi connectivity index (χ0n) is 54.2. The zero-order valence-corrected chi connectivity index (χ0v) is 54.2. The van der Waals surface area contributed by atoms with Gasteiger partial charge in [0.25, 0.3) is 0 Å². The van der Waals surface area contributed by atoms with Gasteiger partial charge in [0, 0.05) is 19.3 Å². The normalized spacial score (nSPS) is 11.9. The molecule has 0 aromatic carbocycles. The van der Waals surface area contributed by atoms with Gasteiger partial charge < -0.3 is 14.2 Å². The van der Waals surface area contributed by atoms with E-state index in [-0.39, 0.29) is 31.1 Å². The molecule has 0 amide bonds. The fourth-order valence-corrected chi connectivity index (χ4v) is 11.6. The van der Waals surface area contributed by atoms with E-state index in [4.69, 9.17) is 14.2 Å². The maximum atomic E-state index is 12.9. The Balaban J connectivity index is 4.08. The van der Waals surface area contributed by atoms with Crippen LogP contribution in [-0.2, 0) is 28.6 Å². The second-order valence-corrected chi connectivity index (χ2v) is 25.2. The van der Waals surface area contributed by atoms with Gasteiger partial charge in [0.1, 0.15) is 13.2 Å². The van der Waals surface area contributed by atoms with Crippen molar-refractivity contribution in [3.8, 4) is 0 Å². The average molecular weight is 1120 g/mol. The molecule has 0 aliphatic heterocycles. The van der Waals surface area contributed by atoms with E-state index in [1.54, 1.807) is 0 Å². The van der Waals surface area contributed by atoms with E-state index in [0.29, 0.717) is 19.3 Å². The molecule has 1 atom stereocenters. The summed E-state index contributed by atoms with van der Waals surface area (Å²) in [6, 6.07) is 0. The van der Waals surface area contributed by atoms with Crippen LogP contribution in [0.15, 0.2) is 0 Å². The molecule has 0 fully saturated rings. The number of ether oxygens (including phenoxy) is 3. The van der Waals surface area contributed by atoms with Gasteiger partial charge in [0.2, 0.25) is 0 Å². The van der Waals surface area contributed by atoms with E-state index in [9.17, 15) is 14.4 Å². The van der Waals surface area contributed by atoms with Gasteiger partial charge in [-0.15, -0.1) is 0 Å². The molecule has 6 nitrogen and oxygen atoms in total. The Hall–Kier alpha value is -1.59. The highest BCUT2D eigenvalue weighted by Gasteiger charge is 2.20. The predicted octanol–water partition coefficient (Wildman–Crippen LogP) is 25.0. The van der Waals surface area contributed by atoms with Gasteiger partial charge in [-0.3, -0.25) is 14.4 Å². The molecular weight excluding hydrogens is 973 g/mol. The zero-order chi connectivity index (χ0) is 57.1. The van der Waals surface area contributed by atoms with Crippen molar-refractivity contribution in [2.45, 2.75) is 438 Å². The van der Waals surface area contributed by atoms with E-state index in [1.165, 1.54) is 334 Å². The van der Waals surface area contributed by atoms with Crippen LogP contribution in [-0.4, -0.2) is 37.2 Å². The van der Waals surface area contributed by atoms with Gasteiger partial charge in [-0.1, -0.05) is 393 Å². The van der Waals surface area contributed by atoms with Crippen LogP contribution >= 0.6 is 0 Å². The molecule has 0 aromatic heterocycles. The van der Waals surface area contributed by atoms with E-state index in [2.05, 4.69) is 20.8 Å².